The molecule has 4 atom stereocenters. The van der Waals surface area contributed by atoms with E-state index in [2.05, 4.69) is 65.6 Å². The van der Waals surface area contributed by atoms with E-state index in [1.807, 2.05) is 0 Å². The quantitative estimate of drug-likeness (QED) is 0.922. The molecule has 25 heavy (non-hydrogen) atoms. The third-order valence-corrected chi connectivity index (χ3v) is 6.96. The van der Waals surface area contributed by atoms with Crippen LogP contribution in [0, 0.1) is 17.8 Å². The van der Waals surface area contributed by atoms with Crippen molar-refractivity contribution < 1.29 is 5.11 Å². The van der Waals surface area contributed by atoms with Crippen LogP contribution in [0.25, 0.3) is 0 Å². The fourth-order valence-corrected chi connectivity index (χ4v) is 5.72. The number of aliphatic hydroxyl groups excluding tert-OH is 1. The van der Waals surface area contributed by atoms with Gasteiger partial charge in [0, 0.05) is 25.0 Å². The van der Waals surface area contributed by atoms with Crippen molar-refractivity contribution in [2.45, 2.75) is 30.8 Å². The molecule has 1 N–H and O–H groups in total. The van der Waals surface area contributed by atoms with Gasteiger partial charge in [-0.15, -0.1) is 0 Å². The summed E-state index contributed by atoms with van der Waals surface area (Å²) >= 11 is 0. The van der Waals surface area contributed by atoms with Crippen LogP contribution in [0.3, 0.4) is 0 Å². The van der Waals surface area contributed by atoms with Gasteiger partial charge in [0.25, 0.3) is 0 Å². The van der Waals surface area contributed by atoms with Crippen molar-refractivity contribution >= 4 is 0 Å². The van der Waals surface area contributed by atoms with Crippen molar-refractivity contribution in [3.63, 3.8) is 0 Å². The zero-order valence-corrected chi connectivity index (χ0v) is 14.7. The molecule has 2 saturated carbocycles. The van der Waals surface area contributed by atoms with Gasteiger partial charge in [-0.3, -0.25) is 0 Å². The van der Waals surface area contributed by atoms with E-state index in [0.717, 1.165) is 24.7 Å². The Morgan fingerprint density at radius 1 is 0.840 bits per heavy atom. The summed E-state index contributed by atoms with van der Waals surface area (Å²) in [7, 11) is 0. The van der Waals surface area contributed by atoms with E-state index in [1.165, 1.54) is 37.2 Å². The molecule has 2 aromatic carbocycles. The smallest absolute Gasteiger partial charge is 0.0546 e. The van der Waals surface area contributed by atoms with Crippen molar-refractivity contribution in [2.24, 2.45) is 17.8 Å². The lowest BCUT2D eigenvalue weighted by Crippen LogP contribution is -2.28. The number of likely N-dealkylation sites (tertiary alicyclic amines) is 1. The molecule has 2 nitrogen and oxygen atoms in total. The molecule has 0 aromatic heterocycles. The number of benzene rings is 2. The van der Waals surface area contributed by atoms with Crippen molar-refractivity contribution in [1.29, 1.82) is 0 Å². The molecule has 0 amide bonds. The van der Waals surface area contributed by atoms with Gasteiger partial charge in [0.2, 0.25) is 0 Å². The highest BCUT2D eigenvalue weighted by Gasteiger charge is 2.57. The Bertz CT molecular complexity index is 675. The molecule has 1 saturated heterocycles. The van der Waals surface area contributed by atoms with E-state index >= 15 is 0 Å². The molecule has 0 spiro atoms. The Morgan fingerprint density at radius 3 is 1.88 bits per heavy atom. The van der Waals surface area contributed by atoms with E-state index in [0.29, 0.717) is 5.92 Å². The van der Waals surface area contributed by atoms with Crippen LogP contribution in [0.1, 0.15) is 30.4 Å². The molecule has 0 radical (unpaired) electrons. The van der Waals surface area contributed by atoms with E-state index < -0.39 is 0 Å². The summed E-state index contributed by atoms with van der Waals surface area (Å²) < 4.78 is 0. The highest BCUT2D eigenvalue weighted by molar-refractivity contribution is 5.47. The summed E-state index contributed by atoms with van der Waals surface area (Å²) in [6.07, 6.45) is 3.27. The van der Waals surface area contributed by atoms with E-state index in [1.54, 1.807) is 0 Å². The summed E-state index contributed by atoms with van der Waals surface area (Å²) in [5, 5.41) is 9.88. The third kappa shape index (κ3) is 2.63. The Morgan fingerprint density at radius 2 is 1.36 bits per heavy atom. The number of aliphatic hydroxyl groups is 1. The Labute approximate surface area is 150 Å². The molecule has 1 heterocycles. The maximum absolute atomic E-state index is 9.88. The van der Waals surface area contributed by atoms with Crippen LogP contribution >= 0.6 is 0 Å². The predicted octanol–water partition coefficient (Wildman–Crippen LogP) is 3.70. The Balaban J connectivity index is 1.36. The zero-order chi connectivity index (χ0) is 16.9. The molecule has 0 bridgehead atoms. The SMILES string of the molecule is OC1C[C@@H]2CN(CC3CC3(c3ccccc3)c3ccccc3)C[C@@H]2C1. The summed E-state index contributed by atoms with van der Waals surface area (Å²) in [5.41, 5.74) is 3.15. The van der Waals surface area contributed by atoms with Crippen molar-refractivity contribution in [1.82, 2.24) is 4.90 Å². The van der Waals surface area contributed by atoms with Crippen molar-refractivity contribution in [3.05, 3.63) is 71.8 Å². The first-order valence-electron chi connectivity index (χ1n) is 9.77. The molecule has 3 fully saturated rings. The molecule has 2 unspecified atom stereocenters. The number of rotatable bonds is 4. The maximum Gasteiger partial charge on any atom is 0.0546 e. The van der Waals surface area contributed by atoms with Gasteiger partial charge in [-0.25, -0.2) is 0 Å². The molecule has 3 aliphatic rings. The Kier molecular flexibility index (Phi) is 3.72. The Hall–Kier alpha value is -1.64. The number of hydrogen-bond donors (Lipinski definition) is 1. The van der Waals surface area contributed by atoms with Gasteiger partial charge >= 0.3 is 0 Å². The lowest BCUT2D eigenvalue weighted by atomic mass is 9.85. The number of nitrogens with zero attached hydrogens (tertiary/aromatic N) is 1. The highest BCUT2D eigenvalue weighted by atomic mass is 16.3. The molecular formula is C23H27NO. The summed E-state index contributed by atoms with van der Waals surface area (Å²) in [6.45, 7) is 3.59. The second-order valence-electron chi connectivity index (χ2n) is 8.47. The van der Waals surface area contributed by atoms with Gasteiger partial charge in [0.15, 0.2) is 0 Å². The predicted molar refractivity (Wildman–Crippen MR) is 100 cm³/mol. The first-order valence-corrected chi connectivity index (χ1v) is 9.77. The van der Waals surface area contributed by atoms with E-state index in [4.69, 9.17) is 0 Å². The minimum Gasteiger partial charge on any atom is -0.393 e. The highest BCUT2D eigenvalue weighted by Crippen LogP contribution is 2.59. The van der Waals surface area contributed by atoms with Crippen molar-refractivity contribution in [3.8, 4) is 0 Å². The van der Waals surface area contributed by atoms with Crippen LogP contribution in [0.5, 0.6) is 0 Å². The second kappa shape index (κ2) is 5.96. The van der Waals surface area contributed by atoms with Crippen LogP contribution < -0.4 is 0 Å². The first-order chi connectivity index (χ1) is 12.3. The number of fused-ring (bicyclic) bond motifs is 1. The molecule has 1 aliphatic heterocycles. The van der Waals surface area contributed by atoms with E-state index in [9.17, 15) is 5.11 Å². The molecule has 2 aromatic rings. The van der Waals surface area contributed by atoms with Gasteiger partial charge in [-0.05, 0) is 48.1 Å². The molecule has 130 valence electrons. The lowest BCUT2D eigenvalue weighted by molar-refractivity contribution is 0.161. The van der Waals surface area contributed by atoms with Crippen LogP contribution in [0.4, 0.5) is 0 Å². The van der Waals surface area contributed by atoms with Crippen LogP contribution in [-0.4, -0.2) is 35.7 Å². The van der Waals surface area contributed by atoms with Gasteiger partial charge in [-0.2, -0.15) is 0 Å². The molecule has 2 aliphatic carbocycles. The second-order valence-corrected chi connectivity index (χ2v) is 8.47. The van der Waals surface area contributed by atoms with Crippen LogP contribution in [0.15, 0.2) is 60.7 Å². The average molecular weight is 333 g/mol. The number of hydrogen-bond acceptors (Lipinski definition) is 2. The van der Waals surface area contributed by atoms with E-state index in [-0.39, 0.29) is 11.5 Å². The minimum atomic E-state index is -0.0363. The standard InChI is InChI=1S/C23H27NO/c25-22-11-17-14-24(15-18(17)12-22)16-21-13-23(21,19-7-3-1-4-8-19)20-9-5-2-6-10-20/h1-10,17-18,21-22,25H,11-16H2/t17-,18+,21?,22?. The topological polar surface area (TPSA) is 23.5 Å². The minimum absolute atomic E-state index is 0.0363. The largest absolute Gasteiger partial charge is 0.393 e. The molecular weight excluding hydrogens is 306 g/mol. The fourth-order valence-electron chi connectivity index (χ4n) is 5.72. The van der Waals surface area contributed by atoms with Gasteiger partial charge in [-0.1, -0.05) is 60.7 Å². The van der Waals surface area contributed by atoms with Crippen LogP contribution in [0.2, 0.25) is 0 Å². The lowest BCUT2D eigenvalue weighted by Gasteiger charge is -2.23. The monoisotopic (exact) mass is 333 g/mol. The first kappa shape index (κ1) is 15.6. The summed E-state index contributed by atoms with van der Waals surface area (Å²) in [6, 6.07) is 22.2. The maximum atomic E-state index is 9.88. The summed E-state index contributed by atoms with van der Waals surface area (Å²) in [4.78, 5) is 2.68. The normalized spacial score (nSPS) is 33.3. The van der Waals surface area contributed by atoms with Crippen LogP contribution in [-0.2, 0) is 5.41 Å². The third-order valence-electron chi connectivity index (χ3n) is 6.96. The molecule has 5 rings (SSSR count). The van der Waals surface area contributed by atoms with Gasteiger partial charge < -0.3 is 10.0 Å². The van der Waals surface area contributed by atoms with Gasteiger partial charge in [0.05, 0.1) is 6.10 Å². The average Bonchev–Trinajstić information content (AvgIpc) is 3.09. The van der Waals surface area contributed by atoms with Gasteiger partial charge in [0.1, 0.15) is 0 Å². The fraction of sp³-hybridized carbons (Fsp3) is 0.478. The van der Waals surface area contributed by atoms with Crippen molar-refractivity contribution in [2.75, 3.05) is 19.6 Å². The summed E-state index contributed by atoms with van der Waals surface area (Å²) in [5.74, 6) is 2.18. The molecule has 2 heteroatoms. The zero-order valence-electron chi connectivity index (χ0n) is 14.7.